The summed E-state index contributed by atoms with van der Waals surface area (Å²) in [6, 6.07) is 4.78. The largest absolute Gasteiger partial charge is 0.465 e. The minimum absolute atomic E-state index is 0.0357. The van der Waals surface area contributed by atoms with Crippen LogP contribution in [0.1, 0.15) is 48.9 Å². The summed E-state index contributed by atoms with van der Waals surface area (Å²) in [5.41, 5.74) is 0.646. The van der Waals surface area contributed by atoms with Gasteiger partial charge in [0.25, 0.3) is 0 Å². The van der Waals surface area contributed by atoms with Gasteiger partial charge in [-0.1, -0.05) is 30.9 Å². The van der Waals surface area contributed by atoms with Crippen molar-refractivity contribution in [3.8, 4) is 0 Å². The SMILES string of the molecule is COC(=O)c1ccc(Cl)c(NC(=O)C2CC2C(=O)NC2CCCCC2)c1. The van der Waals surface area contributed by atoms with Gasteiger partial charge in [0.1, 0.15) is 0 Å². The predicted molar refractivity (Wildman–Crippen MR) is 98.0 cm³/mol. The van der Waals surface area contributed by atoms with Crippen molar-refractivity contribution in [2.24, 2.45) is 11.8 Å². The smallest absolute Gasteiger partial charge is 0.337 e. The molecule has 6 nitrogen and oxygen atoms in total. The molecule has 2 atom stereocenters. The fourth-order valence-corrected chi connectivity index (χ4v) is 3.59. The van der Waals surface area contributed by atoms with Crippen molar-refractivity contribution in [2.45, 2.75) is 44.6 Å². The third kappa shape index (κ3) is 4.36. The van der Waals surface area contributed by atoms with E-state index < -0.39 is 5.97 Å². The van der Waals surface area contributed by atoms with E-state index in [4.69, 9.17) is 11.6 Å². The molecule has 2 fully saturated rings. The van der Waals surface area contributed by atoms with E-state index in [1.807, 2.05) is 0 Å². The van der Waals surface area contributed by atoms with Crippen LogP contribution in [-0.2, 0) is 14.3 Å². The second kappa shape index (κ2) is 8.08. The average Bonchev–Trinajstić information content (AvgIpc) is 3.45. The molecule has 0 heterocycles. The van der Waals surface area contributed by atoms with E-state index in [9.17, 15) is 14.4 Å². The first-order valence-electron chi connectivity index (χ1n) is 8.98. The van der Waals surface area contributed by atoms with Crippen LogP contribution in [-0.4, -0.2) is 30.9 Å². The Balaban J connectivity index is 1.56. The van der Waals surface area contributed by atoms with E-state index in [2.05, 4.69) is 15.4 Å². The maximum atomic E-state index is 12.4. The Morgan fingerprint density at radius 3 is 2.46 bits per heavy atom. The molecule has 2 aliphatic rings. The molecule has 0 aliphatic heterocycles. The molecule has 2 saturated carbocycles. The molecule has 2 unspecified atom stereocenters. The quantitative estimate of drug-likeness (QED) is 0.771. The Morgan fingerprint density at radius 1 is 1.08 bits per heavy atom. The molecule has 2 aliphatic carbocycles. The number of methoxy groups -OCH3 is 1. The van der Waals surface area contributed by atoms with Crippen LogP contribution in [0.3, 0.4) is 0 Å². The molecule has 1 aromatic rings. The van der Waals surface area contributed by atoms with Crippen LogP contribution in [0.25, 0.3) is 0 Å². The van der Waals surface area contributed by atoms with Crippen molar-refractivity contribution >= 4 is 35.1 Å². The summed E-state index contributed by atoms with van der Waals surface area (Å²) in [6.07, 6.45) is 6.10. The van der Waals surface area contributed by atoms with Crippen molar-refractivity contribution in [1.29, 1.82) is 0 Å². The van der Waals surface area contributed by atoms with Crippen molar-refractivity contribution in [3.05, 3.63) is 28.8 Å². The zero-order valence-corrected chi connectivity index (χ0v) is 15.5. The van der Waals surface area contributed by atoms with Crippen LogP contribution in [0, 0.1) is 11.8 Å². The van der Waals surface area contributed by atoms with Crippen molar-refractivity contribution in [1.82, 2.24) is 5.32 Å². The van der Waals surface area contributed by atoms with Gasteiger partial charge in [-0.3, -0.25) is 9.59 Å². The second-order valence-electron chi connectivity index (χ2n) is 6.97. The lowest BCUT2D eigenvalue weighted by Crippen LogP contribution is -2.37. The van der Waals surface area contributed by atoms with E-state index in [1.54, 1.807) is 0 Å². The summed E-state index contributed by atoms with van der Waals surface area (Å²) in [5, 5.41) is 6.12. The molecule has 140 valence electrons. The first kappa shape index (κ1) is 18.7. The molecule has 7 heteroatoms. The van der Waals surface area contributed by atoms with Crippen LogP contribution >= 0.6 is 11.6 Å². The molecular formula is C19H23ClN2O4. The topological polar surface area (TPSA) is 84.5 Å². The van der Waals surface area contributed by atoms with Crippen LogP contribution < -0.4 is 10.6 Å². The van der Waals surface area contributed by atoms with Gasteiger partial charge in [0.2, 0.25) is 11.8 Å². The molecule has 0 spiro atoms. The average molecular weight is 379 g/mol. The lowest BCUT2D eigenvalue weighted by Gasteiger charge is -2.22. The van der Waals surface area contributed by atoms with Gasteiger partial charge < -0.3 is 15.4 Å². The highest BCUT2D eigenvalue weighted by atomic mass is 35.5. The number of anilines is 1. The molecular weight excluding hydrogens is 356 g/mol. The molecule has 26 heavy (non-hydrogen) atoms. The molecule has 0 radical (unpaired) electrons. The van der Waals surface area contributed by atoms with Gasteiger partial charge in [0.15, 0.2) is 0 Å². The number of esters is 1. The minimum Gasteiger partial charge on any atom is -0.465 e. The normalized spacial score (nSPS) is 22.4. The monoisotopic (exact) mass is 378 g/mol. The van der Waals surface area contributed by atoms with Gasteiger partial charge >= 0.3 is 5.97 Å². The summed E-state index contributed by atoms with van der Waals surface area (Å²) in [4.78, 5) is 36.3. The summed E-state index contributed by atoms with van der Waals surface area (Å²) >= 11 is 6.09. The van der Waals surface area contributed by atoms with Crippen LogP contribution in [0.2, 0.25) is 5.02 Å². The zero-order valence-electron chi connectivity index (χ0n) is 14.7. The lowest BCUT2D eigenvalue weighted by molar-refractivity contribution is -0.126. The molecule has 3 rings (SSSR count). The number of benzene rings is 1. The lowest BCUT2D eigenvalue weighted by atomic mass is 9.95. The Labute approximate surface area is 157 Å². The summed E-state index contributed by atoms with van der Waals surface area (Å²) in [6.45, 7) is 0. The molecule has 1 aromatic carbocycles. The highest BCUT2D eigenvalue weighted by Crippen LogP contribution is 2.40. The molecule has 2 N–H and O–H groups in total. The summed E-state index contributed by atoms with van der Waals surface area (Å²) < 4.78 is 4.67. The zero-order chi connectivity index (χ0) is 18.7. The number of carbonyl (C=O) groups excluding carboxylic acids is 3. The van der Waals surface area contributed by atoms with Gasteiger partial charge in [-0.2, -0.15) is 0 Å². The first-order valence-corrected chi connectivity index (χ1v) is 9.36. The minimum atomic E-state index is -0.506. The number of nitrogens with one attached hydrogen (secondary N) is 2. The van der Waals surface area contributed by atoms with Gasteiger partial charge in [0.05, 0.1) is 35.2 Å². The Morgan fingerprint density at radius 2 is 1.77 bits per heavy atom. The van der Waals surface area contributed by atoms with E-state index in [-0.39, 0.29) is 29.7 Å². The standard InChI is InChI=1S/C19H23ClN2O4/c1-26-19(25)11-7-8-15(20)16(9-11)22-18(24)14-10-13(14)17(23)21-12-5-3-2-4-6-12/h7-9,12-14H,2-6,10H2,1H3,(H,21,23)(H,22,24). The van der Waals surface area contributed by atoms with Crippen LogP contribution in [0.4, 0.5) is 5.69 Å². The van der Waals surface area contributed by atoms with E-state index >= 15 is 0 Å². The second-order valence-corrected chi connectivity index (χ2v) is 7.37. The number of carbonyl (C=O) groups is 3. The third-order valence-corrected chi connectivity index (χ3v) is 5.39. The highest BCUT2D eigenvalue weighted by molar-refractivity contribution is 6.34. The van der Waals surface area contributed by atoms with Crippen LogP contribution in [0.15, 0.2) is 18.2 Å². The van der Waals surface area contributed by atoms with E-state index in [0.717, 1.165) is 25.7 Å². The van der Waals surface area contributed by atoms with Crippen molar-refractivity contribution in [3.63, 3.8) is 0 Å². The summed E-state index contributed by atoms with van der Waals surface area (Å²) in [7, 11) is 1.29. The maximum absolute atomic E-state index is 12.4. The van der Waals surface area contributed by atoms with E-state index in [0.29, 0.717) is 22.7 Å². The molecule has 2 amide bonds. The number of amides is 2. The van der Waals surface area contributed by atoms with Crippen LogP contribution in [0.5, 0.6) is 0 Å². The Bertz CT molecular complexity index is 715. The molecule has 0 aromatic heterocycles. The molecule has 0 saturated heterocycles. The van der Waals surface area contributed by atoms with Gasteiger partial charge in [-0.05, 0) is 37.5 Å². The number of rotatable bonds is 5. The van der Waals surface area contributed by atoms with Gasteiger partial charge in [-0.15, -0.1) is 0 Å². The maximum Gasteiger partial charge on any atom is 0.337 e. The van der Waals surface area contributed by atoms with Crippen molar-refractivity contribution in [2.75, 3.05) is 12.4 Å². The number of hydrogen-bond donors (Lipinski definition) is 2. The number of ether oxygens (including phenoxy) is 1. The van der Waals surface area contributed by atoms with Gasteiger partial charge in [0, 0.05) is 6.04 Å². The van der Waals surface area contributed by atoms with Crippen molar-refractivity contribution < 1.29 is 19.1 Å². The number of halogens is 1. The highest BCUT2D eigenvalue weighted by Gasteiger charge is 2.48. The van der Waals surface area contributed by atoms with E-state index in [1.165, 1.54) is 31.7 Å². The number of hydrogen-bond acceptors (Lipinski definition) is 4. The Hall–Kier alpha value is -2.08. The fourth-order valence-electron chi connectivity index (χ4n) is 3.42. The van der Waals surface area contributed by atoms with Gasteiger partial charge in [-0.25, -0.2) is 4.79 Å². The fraction of sp³-hybridized carbons (Fsp3) is 0.526. The summed E-state index contributed by atoms with van der Waals surface area (Å²) in [5.74, 6) is -1.42. The third-order valence-electron chi connectivity index (χ3n) is 5.06. The Kier molecular flexibility index (Phi) is 5.81. The first-order chi connectivity index (χ1) is 12.5. The molecule has 0 bridgehead atoms. The predicted octanol–water partition coefficient (Wildman–Crippen LogP) is 3.15.